The Labute approximate surface area is 112 Å². The van der Waals surface area contributed by atoms with Crippen molar-refractivity contribution in [2.75, 3.05) is 26.7 Å². The van der Waals surface area contributed by atoms with Crippen LogP contribution in [0.3, 0.4) is 0 Å². The fourth-order valence-corrected chi connectivity index (χ4v) is 2.75. The second kappa shape index (κ2) is 6.14. The van der Waals surface area contributed by atoms with Gasteiger partial charge in [-0.2, -0.15) is 0 Å². The van der Waals surface area contributed by atoms with Gasteiger partial charge in [-0.1, -0.05) is 6.42 Å². The highest BCUT2D eigenvalue weighted by Gasteiger charge is 2.33. The zero-order chi connectivity index (χ0) is 13.8. The van der Waals surface area contributed by atoms with Crippen LogP contribution in [0.4, 0.5) is 0 Å². The summed E-state index contributed by atoms with van der Waals surface area (Å²) in [5.74, 6) is -0.588. The lowest BCUT2D eigenvalue weighted by Gasteiger charge is -2.33. The van der Waals surface area contributed by atoms with E-state index in [1.807, 2.05) is 4.90 Å². The van der Waals surface area contributed by atoms with Gasteiger partial charge in [0.1, 0.15) is 6.04 Å². The number of methoxy groups -OCH3 is 1. The van der Waals surface area contributed by atoms with Crippen LogP contribution >= 0.6 is 0 Å². The molecule has 2 fully saturated rings. The van der Waals surface area contributed by atoms with Crippen LogP contribution in [0.25, 0.3) is 0 Å². The first-order chi connectivity index (χ1) is 9.13. The fourth-order valence-electron chi connectivity index (χ4n) is 2.75. The molecule has 2 rings (SSSR count). The van der Waals surface area contributed by atoms with Gasteiger partial charge in [0.2, 0.25) is 11.8 Å². The Morgan fingerprint density at radius 3 is 2.68 bits per heavy atom. The van der Waals surface area contributed by atoms with E-state index in [4.69, 9.17) is 4.74 Å². The summed E-state index contributed by atoms with van der Waals surface area (Å²) in [6.07, 6.45) is 3.84. The third kappa shape index (κ3) is 3.12. The number of amides is 2. The molecule has 2 saturated heterocycles. The number of hydrogen-bond donors (Lipinski definition) is 0. The van der Waals surface area contributed by atoms with Gasteiger partial charge in [-0.15, -0.1) is 0 Å². The van der Waals surface area contributed by atoms with Crippen molar-refractivity contribution < 1.29 is 19.1 Å². The van der Waals surface area contributed by atoms with E-state index in [0.717, 1.165) is 19.3 Å². The van der Waals surface area contributed by atoms with E-state index in [9.17, 15) is 14.4 Å². The second-order valence-corrected chi connectivity index (χ2v) is 5.05. The van der Waals surface area contributed by atoms with E-state index in [-0.39, 0.29) is 30.4 Å². The van der Waals surface area contributed by atoms with E-state index < -0.39 is 0 Å². The number of imide groups is 1. The number of carbonyl (C=O) groups is 3. The first-order valence-electron chi connectivity index (χ1n) is 6.78. The van der Waals surface area contributed by atoms with Gasteiger partial charge in [0.15, 0.2) is 0 Å². The molecular formula is C13H20N2O4. The van der Waals surface area contributed by atoms with E-state index in [1.54, 1.807) is 0 Å². The summed E-state index contributed by atoms with van der Waals surface area (Å²) in [6.45, 7) is 1.34. The fraction of sp³-hybridized carbons (Fsp3) is 0.769. The molecule has 6 nitrogen and oxygen atoms in total. The minimum absolute atomic E-state index is 0.100. The van der Waals surface area contributed by atoms with E-state index in [0.29, 0.717) is 25.9 Å². The van der Waals surface area contributed by atoms with Crippen molar-refractivity contribution in [3.8, 4) is 0 Å². The van der Waals surface area contributed by atoms with Crippen LogP contribution in [0, 0.1) is 0 Å². The maximum absolute atomic E-state index is 12.1. The molecule has 1 atom stereocenters. The quantitative estimate of drug-likeness (QED) is 0.682. The number of nitrogens with zero attached hydrogens (tertiary/aromatic N) is 2. The van der Waals surface area contributed by atoms with Gasteiger partial charge in [-0.25, -0.2) is 0 Å². The molecule has 2 heterocycles. The highest BCUT2D eigenvalue weighted by molar-refractivity contribution is 5.97. The van der Waals surface area contributed by atoms with E-state index >= 15 is 0 Å². The lowest BCUT2D eigenvalue weighted by molar-refractivity contribution is -0.150. The summed E-state index contributed by atoms with van der Waals surface area (Å²) in [4.78, 5) is 38.4. The number of ether oxygens (including phenoxy) is 1. The number of hydrogen-bond acceptors (Lipinski definition) is 5. The first-order valence-corrected chi connectivity index (χ1v) is 6.78. The standard InChI is InChI=1S/C13H20N2O4/c1-19-13(18)10-5-2-3-7-14(10)9-12(17)15-8-4-6-11(15)16/h10H,2-9H2,1H3/t10-/m1/s1. The molecule has 0 aromatic carbocycles. The van der Waals surface area contributed by atoms with Crippen LogP contribution in [0.15, 0.2) is 0 Å². The predicted octanol–water partition coefficient (Wildman–Crippen LogP) is 0.163. The highest BCUT2D eigenvalue weighted by Crippen LogP contribution is 2.19. The van der Waals surface area contributed by atoms with Crippen molar-refractivity contribution in [2.24, 2.45) is 0 Å². The Morgan fingerprint density at radius 2 is 2.05 bits per heavy atom. The Balaban J connectivity index is 1.97. The monoisotopic (exact) mass is 268 g/mol. The van der Waals surface area contributed by atoms with Gasteiger partial charge >= 0.3 is 5.97 Å². The molecule has 2 amide bonds. The number of piperidine rings is 1. The van der Waals surface area contributed by atoms with Gasteiger partial charge < -0.3 is 4.74 Å². The minimum Gasteiger partial charge on any atom is -0.468 e. The Bertz CT molecular complexity index is 383. The lowest BCUT2D eigenvalue weighted by atomic mass is 10.0. The molecule has 19 heavy (non-hydrogen) atoms. The second-order valence-electron chi connectivity index (χ2n) is 5.05. The molecule has 2 aliphatic heterocycles. The normalized spacial score (nSPS) is 24.6. The molecule has 0 saturated carbocycles. The van der Waals surface area contributed by atoms with Crippen LogP contribution in [-0.4, -0.2) is 60.4 Å². The molecule has 0 aromatic rings. The van der Waals surface area contributed by atoms with E-state index in [2.05, 4.69) is 0 Å². The van der Waals surface area contributed by atoms with Gasteiger partial charge in [0.25, 0.3) is 0 Å². The molecule has 0 aliphatic carbocycles. The Hall–Kier alpha value is -1.43. The van der Waals surface area contributed by atoms with Crippen LogP contribution in [0.1, 0.15) is 32.1 Å². The van der Waals surface area contributed by atoms with Crippen molar-refractivity contribution in [2.45, 2.75) is 38.1 Å². The Morgan fingerprint density at radius 1 is 1.26 bits per heavy atom. The molecular weight excluding hydrogens is 248 g/mol. The highest BCUT2D eigenvalue weighted by atomic mass is 16.5. The lowest BCUT2D eigenvalue weighted by Crippen LogP contribution is -2.50. The summed E-state index contributed by atoms with van der Waals surface area (Å²) in [7, 11) is 1.36. The van der Waals surface area contributed by atoms with Crippen LogP contribution in [0.2, 0.25) is 0 Å². The molecule has 0 N–H and O–H groups in total. The number of rotatable bonds is 3. The average molecular weight is 268 g/mol. The summed E-state index contributed by atoms with van der Waals surface area (Å²) < 4.78 is 4.78. The summed E-state index contributed by atoms with van der Waals surface area (Å²) in [5, 5.41) is 0. The average Bonchev–Trinajstić information content (AvgIpc) is 2.85. The summed E-state index contributed by atoms with van der Waals surface area (Å²) in [5.41, 5.74) is 0. The molecule has 0 radical (unpaired) electrons. The third-order valence-electron chi connectivity index (χ3n) is 3.80. The SMILES string of the molecule is COC(=O)[C@H]1CCCCN1CC(=O)N1CCCC1=O. The molecule has 0 bridgehead atoms. The molecule has 2 aliphatic rings. The van der Waals surface area contributed by atoms with Gasteiger partial charge in [-0.3, -0.25) is 24.2 Å². The topological polar surface area (TPSA) is 66.9 Å². The first kappa shape index (κ1) is 14.0. The van der Waals surface area contributed by atoms with Gasteiger partial charge in [-0.05, 0) is 25.8 Å². The van der Waals surface area contributed by atoms with Crippen LogP contribution in [0.5, 0.6) is 0 Å². The van der Waals surface area contributed by atoms with Crippen LogP contribution in [-0.2, 0) is 19.1 Å². The molecule has 0 spiro atoms. The predicted molar refractivity (Wildman–Crippen MR) is 67.2 cm³/mol. The van der Waals surface area contributed by atoms with Crippen molar-refractivity contribution >= 4 is 17.8 Å². The zero-order valence-corrected chi connectivity index (χ0v) is 11.3. The smallest absolute Gasteiger partial charge is 0.323 e. The Kier molecular flexibility index (Phi) is 4.52. The molecule has 106 valence electrons. The van der Waals surface area contributed by atoms with Crippen molar-refractivity contribution in [3.05, 3.63) is 0 Å². The zero-order valence-electron chi connectivity index (χ0n) is 11.3. The molecule has 0 aromatic heterocycles. The number of likely N-dealkylation sites (tertiary alicyclic amines) is 2. The van der Waals surface area contributed by atoms with Gasteiger partial charge in [0, 0.05) is 13.0 Å². The minimum atomic E-state index is -0.347. The molecule has 6 heteroatoms. The van der Waals surface area contributed by atoms with Gasteiger partial charge in [0.05, 0.1) is 13.7 Å². The van der Waals surface area contributed by atoms with Crippen molar-refractivity contribution in [1.82, 2.24) is 9.80 Å². The third-order valence-corrected chi connectivity index (χ3v) is 3.80. The maximum atomic E-state index is 12.1. The van der Waals surface area contributed by atoms with Crippen molar-refractivity contribution in [3.63, 3.8) is 0 Å². The molecule has 0 unspecified atom stereocenters. The van der Waals surface area contributed by atoms with Crippen LogP contribution < -0.4 is 0 Å². The van der Waals surface area contributed by atoms with Crippen molar-refractivity contribution in [1.29, 1.82) is 0 Å². The number of esters is 1. The number of carbonyl (C=O) groups excluding carboxylic acids is 3. The summed E-state index contributed by atoms with van der Waals surface area (Å²) >= 11 is 0. The largest absolute Gasteiger partial charge is 0.468 e. The summed E-state index contributed by atoms with van der Waals surface area (Å²) in [6, 6.07) is -0.347. The van der Waals surface area contributed by atoms with E-state index in [1.165, 1.54) is 12.0 Å². The maximum Gasteiger partial charge on any atom is 0.323 e.